The minimum atomic E-state index is -0.332. The van der Waals surface area contributed by atoms with Gasteiger partial charge in [-0.1, -0.05) is 0 Å². The molecule has 10 heteroatoms. The Morgan fingerprint density at radius 1 is 1.17 bits per heavy atom. The molecule has 24 heavy (non-hydrogen) atoms. The van der Waals surface area contributed by atoms with Crippen LogP contribution in [-0.4, -0.2) is 47.2 Å². The lowest BCUT2D eigenvalue weighted by Gasteiger charge is -2.06. The summed E-state index contributed by atoms with van der Waals surface area (Å²) in [4.78, 5) is 27.3. The third-order valence-electron chi connectivity index (χ3n) is 3.15. The van der Waals surface area contributed by atoms with Crippen LogP contribution in [0.4, 0.5) is 0 Å². The lowest BCUT2D eigenvalue weighted by molar-refractivity contribution is 0.0946. The third-order valence-corrected chi connectivity index (χ3v) is 3.15. The molecule has 3 aromatic heterocycles. The molecule has 1 amide bonds. The Morgan fingerprint density at radius 2 is 2.08 bits per heavy atom. The summed E-state index contributed by atoms with van der Waals surface area (Å²) < 4.78 is 2.79. The maximum atomic E-state index is 12.0. The Bertz CT molecular complexity index is 857. The van der Waals surface area contributed by atoms with E-state index >= 15 is 0 Å². The fraction of sp³-hybridized carbons (Fsp3) is 0.214. The van der Waals surface area contributed by atoms with E-state index in [1.54, 1.807) is 24.4 Å². The van der Waals surface area contributed by atoms with Crippen molar-refractivity contribution in [1.29, 1.82) is 0 Å². The van der Waals surface area contributed by atoms with Crippen molar-refractivity contribution in [3.8, 4) is 5.82 Å². The van der Waals surface area contributed by atoms with E-state index in [-0.39, 0.29) is 17.2 Å². The number of nitrogens with one attached hydrogen (secondary N) is 1. The van der Waals surface area contributed by atoms with Gasteiger partial charge in [0, 0.05) is 25.4 Å². The van der Waals surface area contributed by atoms with Crippen LogP contribution in [0.2, 0.25) is 0 Å². The van der Waals surface area contributed by atoms with E-state index in [2.05, 4.69) is 30.7 Å². The van der Waals surface area contributed by atoms with Crippen molar-refractivity contribution < 1.29 is 4.79 Å². The molecule has 0 spiro atoms. The molecule has 0 atom stereocenters. The summed E-state index contributed by atoms with van der Waals surface area (Å²) in [6, 6.07) is 6.22. The van der Waals surface area contributed by atoms with Gasteiger partial charge in [0.05, 0.1) is 0 Å². The highest BCUT2D eigenvalue weighted by Gasteiger charge is 2.08. The molecular weight excluding hydrogens is 312 g/mol. The van der Waals surface area contributed by atoms with Gasteiger partial charge in [-0.05, 0) is 24.6 Å². The van der Waals surface area contributed by atoms with Gasteiger partial charge in [-0.2, -0.15) is 10.2 Å². The van der Waals surface area contributed by atoms with Gasteiger partial charge in [0.2, 0.25) is 0 Å². The van der Waals surface area contributed by atoms with Crippen molar-refractivity contribution in [2.24, 2.45) is 0 Å². The van der Waals surface area contributed by atoms with Crippen LogP contribution in [0.15, 0.2) is 47.9 Å². The highest BCUT2D eigenvalue weighted by Crippen LogP contribution is 2.00. The predicted octanol–water partition coefficient (Wildman–Crippen LogP) is -0.566. The Hall–Kier alpha value is -3.43. The molecule has 0 aromatic carbocycles. The number of carbonyl (C=O) groups is 1. The summed E-state index contributed by atoms with van der Waals surface area (Å²) in [6.07, 6.45) is 5.00. The maximum Gasteiger partial charge on any atom is 0.271 e. The van der Waals surface area contributed by atoms with Crippen molar-refractivity contribution >= 4 is 5.91 Å². The Labute approximate surface area is 136 Å². The monoisotopic (exact) mass is 326 g/mol. The van der Waals surface area contributed by atoms with Gasteiger partial charge in [-0.15, -0.1) is 10.2 Å². The molecule has 0 unspecified atom stereocenters. The molecule has 0 aliphatic carbocycles. The highest BCUT2D eigenvalue weighted by atomic mass is 16.2. The summed E-state index contributed by atoms with van der Waals surface area (Å²) in [5, 5.41) is 18.4. The van der Waals surface area contributed by atoms with Crippen molar-refractivity contribution in [3.63, 3.8) is 0 Å². The van der Waals surface area contributed by atoms with E-state index in [4.69, 9.17) is 0 Å². The lowest BCUT2D eigenvalue weighted by atomic mass is 10.3. The quantitative estimate of drug-likeness (QED) is 0.602. The Morgan fingerprint density at radius 3 is 2.79 bits per heavy atom. The molecule has 0 bridgehead atoms. The fourth-order valence-electron chi connectivity index (χ4n) is 1.97. The van der Waals surface area contributed by atoms with E-state index in [0.717, 1.165) is 0 Å². The van der Waals surface area contributed by atoms with Crippen LogP contribution in [0.1, 0.15) is 16.9 Å². The first-order chi connectivity index (χ1) is 11.7. The molecule has 0 saturated carbocycles. The van der Waals surface area contributed by atoms with Crippen molar-refractivity contribution in [2.45, 2.75) is 13.0 Å². The van der Waals surface area contributed by atoms with Crippen LogP contribution < -0.4 is 10.9 Å². The zero-order chi connectivity index (χ0) is 16.8. The van der Waals surface area contributed by atoms with Gasteiger partial charge in [-0.3, -0.25) is 9.59 Å². The molecule has 122 valence electrons. The van der Waals surface area contributed by atoms with Gasteiger partial charge in [-0.25, -0.2) is 14.3 Å². The Kier molecular flexibility index (Phi) is 4.65. The van der Waals surface area contributed by atoms with E-state index in [1.807, 2.05) is 0 Å². The maximum absolute atomic E-state index is 12.0. The van der Waals surface area contributed by atoms with Gasteiger partial charge >= 0.3 is 0 Å². The minimum absolute atomic E-state index is 0.168. The average molecular weight is 326 g/mol. The molecule has 10 nitrogen and oxygen atoms in total. The molecule has 0 radical (unpaired) electrons. The molecule has 3 aromatic rings. The summed E-state index contributed by atoms with van der Waals surface area (Å²) in [5.41, 5.74) is 0.0345. The van der Waals surface area contributed by atoms with Gasteiger partial charge in [0.1, 0.15) is 12.7 Å². The van der Waals surface area contributed by atoms with Crippen LogP contribution in [0.5, 0.6) is 0 Å². The summed E-state index contributed by atoms with van der Waals surface area (Å²) in [6.45, 7) is 0.825. The summed E-state index contributed by atoms with van der Waals surface area (Å²) >= 11 is 0. The second kappa shape index (κ2) is 7.22. The topological polar surface area (TPSA) is 120 Å². The number of amides is 1. The second-order valence-electron chi connectivity index (χ2n) is 4.81. The highest BCUT2D eigenvalue weighted by molar-refractivity contribution is 5.92. The zero-order valence-electron chi connectivity index (χ0n) is 12.6. The molecule has 0 aliphatic heterocycles. The largest absolute Gasteiger partial charge is 0.351 e. The van der Waals surface area contributed by atoms with Crippen LogP contribution in [0, 0.1) is 0 Å². The zero-order valence-corrected chi connectivity index (χ0v) is 12.6. The number of carbonyl (C=O) groups excluding carboxylic acids is 1. The number of rotatable bonds is 6. The van der Waals surface area contributed by atoms with E-state index in [1.165, 1.54) is 28.1 Å². The van der Waals surface area contributed by atoms with Crippen LogP contribution in [-0.2, 0) is 6.54 Å². The van der Waals surface area contributed by atoms with Crippen LogP contribution >= 0.6 is 0 Å². The number of nitrogens with zero attached hydrogens (tertiary/aromatic N) is 7. The van der Waals surface area contributed by atoms with Crippen molar-refractivity contribution in [1.82, 2.24) is 40.1 Å². The predicted molar refractivity (Wildman–Crippen MR) is 82.4 cm³/mol. The molecule has 0 saturated heterocycles. The molecular formula is C14H14N8O2. The number of hydrogen-bond acceptors (Lipinski definition) is 7. The van der Waals surface area contributed by atoms with E-state index < -0.39 is 0 Å². The van der Waals surface area contributed by atoms with E-state index in [0.29, 0.717) is 25.3 Å². The third kappa shape index (κ3) is 3.66. The van der Waals surface area contributed by atoms with Gasteiger partial charge in [0.25, 0.3) is 11.5 Å². The van der Waals surface area contributed by atoms with Crippen LogP contribution in [0.25, 0.3) is 5.82 Å². The van der Waals surface area contributed by atoms with Crippen molar-refractivity contribution in [2.75, 3.05) is 6.54 Å². The smallest absolute Gasteiger partial charge is 0.271 e. The number of aryl methyl sites for hydroxylation is 1. The first-order valence-electron chi connectivity index (χ1n) is 7.23. The van der Waals surface area contributed by atoms with Gasteiger partial charge < -0.3 is 5.32 Å². The molecule has 1 N–H and O–H groups in total. The molecule has 0 aliphatic rings. The number of aromatic nitrogens is 7. The van der Waals surface area contributed by atoms with Crippen molar-refractivity contribution in [3.05, 3.63) is 59.2 Å². The first kappa shape index (κ1) is 15.5. The van der Waals surface area contributed by atoms with E-state index in [9.17, 15) is 9.59 Å². The first-order valence-corrected chi connectivity index (χ1v) is 7.23. The lowest BCUT2D eigenvalue weighted by Crippen LogP contribution is -2.28. The Balaban J connectivity index is 1.50. The average Bonchev–Trinajstić information content (AvgIpc) is 3.15. The molecule has 0 fully saturated rings. The summed E-state index contributed by atoms with van der Waals surface area (Å²) in [7, 11) is 0. The second-order valence-corrected chi connectivity index (χ2v) is 4.81. The molecule has 3 rings (SSSR count). The SMILES string of the molecule is O=C(NCCCn1ncccc1=O)c1ccc(-n2cncn2)nn1. The number of hydrogen-bond donors (Lipinski definition) is 1. The summed E-state index contributed by atoms with van der Waals surface area (Å²) in [5.74, 6) is 0.139. The van der Waals surface area contributed by atoms with Crippen LogP contribution in [0.3, 0.4) is 0 Å². The minimum Gasteiger partial charge on any atom is -0.351 e. The normalized spacial score (nSPS) is 10.5. The molecule has 3 heterocycles. The standard InChI is InChI=1S/C14H14N8O2/c23-13-3-1-7-17-21(13)8-2-6-16-14(24)11-4-5-12(20-19-11)22-10-15-9-18-22/h1,3-5,7,9-10H,2,6,8H2,(H,16,24). The van der Waals surface area contributed by atoms with Gasteiger partial charge in [0.15, 0.2) is 11.5 Å². The fourth-order valence-corrected chi connectivity index (χ4v) is 1.97.